The van der Waals surface area contributed by atoms with Crippen LogP contribution in [-0.2, 0) is 11.3 Å². The fourth-order valence-electron chi connectivity index (χ4n) is 3.76. The molecule has 5 rings (SSSR count). The summed E-state index contributed by atoms with van der Waals surface area (Å²) < 4.78 is 1.88. The molecule has 0 aliphatic heterocycles. The van der Waals surface area contributed by atoms with Gasteiger partial charge in [-0.25, -0.2) is 0 Å². The third kappa shape index (κ3) is 3.07. The van der Waals surface area contributed by atoms with Crippen molar-refractivity contribution in [2.75, 3.05) is 5.32 Å². The molecule has 1 aromatic heterocycles. The van der Waals surface area contributed by atoms with E-state index in [0.29, 0.717) is 0 Å². The number of aromatic nitrogens is 1. The maximum Gasteiger partial charge on any atom is 0.244 e. The summed E-state index contributed by atoms with van der Waals surface area (Å²) >= 11 is 0. The topological polar surface area (TPSA) is 51.1 Å². The largest absolute Gasteiger partial charge is 0.337 e. The number of nitrogens with one attached hydrogen (secondary N) is 1. The van der Waals surface area contributed by atoms with Crippen LogP contribution in [0.4, 0.5) is 5.69 Å². The van der Waals surface area contributed by atoms with Crippen molar-refractivity contribution in [3.05, 3.63) is 78.5 Å². The first-order valence-electron chi connectivity index (χ1n) is 9.60. The summed E-state index contributed by atoms with van der Waals surface area (Å²) in [5.74, 6) is 0.247. The van der Waals surface area contributed by atoms with Crippen molar-refractivity contribution in [1.82, 2.24) is 4.57 Å². The van der Waals surface area contributed by atoms with E-state index < -0.39 is 0 Å². The zero-order valence-corrected chi connectivity index (χ0v) is 15.4. The maximum absolute atomic E-state index is 12.7. The number of ketones is 1. The van der Waals surface area contributed by atoms with Crippen molar-refractivity contribution in [3.63, 3.8) is 0 Å². The Hall–Kier alpha value is -3.40. The Morgan fingerprint density at radius 3 is 2.50 bits per heavy atom. The Labute approximate surface area is 162 Å². The number of Topliss-reactive ketones (excluding diaryl/α,β-unsaturated/α-hetero) is 1. The van der Waals surface area contributed by atoms with Gasteiger partial charge in [0.25, 0.3) is 0 Å². The van der Waals surface area contributed by atoms with Gasteiger partial charge in [0.15, 0.2) is 5.78 Å². The van der Waals surface area contributed by atoms with E-state index >= 15 is 0 Å². The van der Waals surface area contributed by atoms with Crippen LogP contribution < -0.4 is 5.32 Å². The molecule has 0 unspecified atom stereocenters. The van der Waals surface area contributed by atoms with Crippen molar-refractivity contribution in [3.8, 4) is 0 Å². The minimum Gasteiger partial charge on any atom is -0.337 e. The van der Waals surface area contributed by atoms with Gasteiger partial charge in [-0.15, -0.1) is 0 Å². The Bertz CT molecular complexity index is 1220. The second kappa shape index (κ2) is 6.64. The van der Waals surface area contributed by atoms with Crippen LogP contribution in [0.15, 0.2) is 72.9 Å². The molecule has 1 fully saturated rings. The lowest BCUT2D eigenvalue weighted by Gasteiger charge is -2.08. The lowest BCUT2D eigenvalue weighted by Crippen LogP contribution is -2.18. The zero-order valence-electron chi connectivity index (χ0n) is 15.4. The number of rotatable bonds is 5. The van der Waals surface area contributed by atoms with E-state index in [2.05, 4.69) is 5.32 Å². The maximum atomic E-state index is 12.7. The quantitative estimate of drug-likeness (QED) is 0.503. The van der Waals surface area contributed by atoms with Gasteiger partial charge in [-0.2, -0.15) is 0 Å². The van der Waals surface area contributed by atoms with Gasteiger partial charge >= 0.3 is 0 Å². The van der Waals surface area contributed by atoms with Crippen LogP contribution in [-0.4, -0.2) is 16.3 Å². The Kier molecular flexibility index (Phi) is 3.97. The van der Waals surface area contributed by atoms with E-state index in [0.717, 1.165) is 45.8 Å². The van der Waals surface area contributed by atoms with Crippen LogP contribution in [0, 0.1) is 5.92 Å². The fourth-order valence-corrected chi connectivity index (χ4v) is 3.76. The zero-order chi connectivity index (χ0) is 19.1. The Morgan fingerprint density at radius 1 is 0.929 bits per heavy atom. The van der Waals surface area contributed by atoms with Crippen molar-refractivity contribution in [2.24, 2.45) is 5.92 Å². The monoisotopic (exact) mass is 368 g/mol. The standard InChI is InChI=1S/C24H20N2O2/c27-23(25-19-12-11-16-5-1-2-6-18(16)13-19)15-26-14-21(24(28)17-9-10-17)20-7-3-4-8-22(20)26/h1-8,11-14,17H,9-10,15H2,(H,25,27). The van der Waals surface area contributed by atoms with Gasteiger partial charge in [0, 0.05) is 34.3 Å². The van der Waals surface area contributed by atoms with Gasteiger partial charge in [-0.05, 0) is 41.8 Å². The lowest BCUT2D eigenvalue weighted by atomic mass is 10.1. The van der Waals surface area contributed by atoms with E-state index in [1.54, 1.807) is 0 Å². The average molecular weight is 368 g/mol. The molecule has 1 amide bonds. The first-order chi connectivity index (χ1) is 13.7. The van der Waals surface area contributed by atoms with E-state index in [-0.39, 0.29) is 24.2 Å². The van der Waals surface area contributed by atoms with Crippen LogP contribution in [0.25, 0.3) is 21.7 Å². The molecule has 1 saturated carbocycles. The van der Waals surface area contributed by atoms with E-state index in [9.17, 15) is 9.59 Å². The molecule has 0 bridgehead atoms. The molecular weight excluding hydrogens is 348 g/mol. The molecular formula is C24H20N2O2. The summed E-state index contributed by atoms with van der Waals surface area (Å²) in [4.78, 5) is 25.3. The van der Waals surface area contributed by atoms with Crippen molar-refractivity contribution < 1.29 is 9.59 Å². The van der Waals surface area contributed by atoms with E-state index in [1.807, 2.05) is 77.5 Å². The minimum absolute atomic E-state index is 0.110. The van der Waals surface area contributed by atoms with Gasteiger partial charge in [0.05, 0.1) is 0 Å². The molecule has 138 valence electrons. The van der Waals surface area contributed by atoms with Crippen molar-refractivity contribution >= 4 is 39.1 Å². The summed E-state index contributed by atoms with van der Waals surface area (Å²) in [6.07, 6.45) is 3.78. The van der Waals surface area contributed by atoms with Crippen molar-refractivity contribution in [2.45, 2.75) is 19.4 Å². The second-order valence-corrected chi connectivity index (χ2v) is 7.44. The van der Waals surface area contributed by atoms with Gasteiger partial charge < -0.3 is 9.88 Å². The molecule has 28 heavy (non-hydrogen) atoms. The summed E-state index contributed by atoms with van der Waals surface area (Å²) in [6.45, 7) is 0.172. The van der Waals surface area contributed by atoms with Gasteiger partial charge in [-0.3, -0.25) is 9.59 Å². The van der Waals surface area contributed by atoms with Crippen LogP contribution in [0.5, 0.6) is 0 Å². The van der Waals surface area contributed by atoms with Crippen LogP contribution in [0.1, 0.15) is 23.2 Å². The number of carbonyl (C=O) groups is 2. The molecule has 4 aromatic rings. The van der Waals surface area contributed by atoms with Crippen molar-refractivity contribution in [1.29, 1.82) is 0 Å². The number of carbonyl (C=O) groups excluding carboxylic acids is 2. The SMILES string of the molecule is O=C(Cn1cc(C(=O)C2CC2)c2ccccc21)Nc1ccc2ccccc2c1. The molecule has 0 saturated heterocycles. The summed E-state index contributed by atoms with van der Waals surface area (Å²) in [7, 11) is 0. The number of amides is 1. The normalized spacial score (nSPS) is 13.7. The lowest BCUT2D eigenvalue weighted by molar-refractivity contribution is -0.116. The smallest absolute Gasteiger partial charge is 0.244 e. The first kappa shape index (κ1) is 16.8. The number of hydrogen-bond donors (Lipinski definition) is 1. The summed E-state index contributed by atoms with van der Waals surface area (Å²) in [6, 6.07) is 21.7. The Balaban J connectivity index is 1.41. The van der Waals surface area contributed by atoms with E-state index in [1.165, 1.54) is 0 Å². The molecule has 1 heterocycles. The van der Waals surface area contributed by atoms with Gasteiger partial charge in [0.1, 0.15) is 6.54 Å². The third-order valence-electron chi connectivity index (χ3n) is 5.35. The molecule has 4 nitrogen and oxygen atoms in total. The number of hydrogen-bond acceptors (Lipinski definition) is 2. The number of benzene rings is 3. The molecule has 4 heteroatoms. The molecule has 3 aromatic carbocycles. The average Bonchev–Trinajstić information content (AvgIpc) is 3.50. The molecule has 0 spiro atoms. The molecule has 0 radical (unpaired) electrons. The van der Waals surface area contributed by atoms with Gasteiger partial charge in [0.2, 0.25) is 5.91 Å². The third-order valence-corrected chi connectivity index (χ3v) is 5.35. The van der Waals surface area contributed by atoms with Crippen LogP contribution >= 0.6 is 0 Å². The highest BCUT2D eigenvalue weighted by atomic mass is 16.2. The highest BCUT2D eigenvalue weighted by molar-refractivity contribution is 6.10. The highest BCUT2D eigenvalue weighted by Crippen LogP contribution is 2.35. The number of fused-ring (bicyclic) bond motifs is 2. The molecule has 1 aliphatic rings. The number of para-hydroxylation sites is 1. The summed E-state index contributed by atoms with van der Waals surface area (Å²) in [5, 5.41) is 6.13. The molecule has 1 N–H and O–H groups in total. The second-order valence-electron chi connectivity index (χ2n) is 7.44. The molecule has 0 atom stereocenters. The Morgan fingerprint density at radius 2 is 1.68 bits per heavy atom. The fraction of sp³-hybridized carbons (Fsp3) is 0.167. The predicted molar refractivity (Wildman–Crippen MR) is 112 cm³/mol. The van der Waals surface area contributed by atoms with Gasteiger partial charge in [-0.1, -0.05) is 48.5 Å². The van der Waals surface area contributed by atoms with E-state index in [4.69, 9.17) is 0 Å². The number of nitrogens with zero attached hydrogens (tertiary/aromatic N) is 1. The number of anilines is 1. The minimum atomic E-state index is -0.110. The van der Waals surface area contributed by atoms with Crippen LogP contribution in [0.2, 0.25) is 0 Å². The molecule has 1 aliphatic carbocycles. The predicted octanol–water partition coefficient (Wildman–Crippen LogP) is 5.03. The highest BCUT2D eigenvalue weighted by Gasteiger charge is 2.32. The first-order valence-corrected chi connectivity index (χ1v) is 9.60. The van der Waals surface area contributed by atoms with Crippen LogP contribution in [0.3, 0.4) is 0 Å². The summed E-state index contributed by atoms with van der Waals surface area (Å²) in [5.41, 5.74) is 2.42.